The second-order valence-corrected chi connectivity index (χ2v) is 6.37. The van der Waals surface area contributed by atoms with Crippen LogP contribution in [0.4, 0.5) is 4.39 Å². The van der Waals surface area contributed by atoms with Crippen LogP contribution in [0.25, 0.3) is 0 Å². The molecular weight excluding hydrogens is 349 g/mol. The van der Waals surface area contributed by atoms with Crippen molar-refractivity contribution >= 4 is 18.0 Å². The van der Waals surface area contributed by atoms with Crippen LogP contribution in [0.2, 0.25) is 0 Å². The van der Waals surface area contributed by atoms with Crippen LogP contribution in [0.3, 0.4) is 0 Å². The molecule has 5 nitrogen and oxygen atoms in total. The molecule has 6 heteroatoms. The van der Waals surface area contributed by atoms with Gasteiger partial charge in [0.15, 0.2) is 18.3 Å². The van der Waals surface area contributed by atoms with E-state index >= 15 is 0 Å². The van der Waals surface area contributed by atoms with Gasteiger partial charge < -0.3 is 9.64 Å². The van der Waals surface area contributed by atoms with E-state index in [1.165, 1.54) is 29.2 Å². The molecule has 140 valence electrons. The summed E-state index contributed by atoms with van der Waals surface area (Å²) >= 11 is 0. The Balaban J connectivity index is 1.60. The number of amides is 1. The standard InChI is InChI=1S/C21H20FNO4/c22-17-11-9-16(10-12-17)19(25)7-4-8-20(26)23-18(14-27-21(23)13-24)15-5-2-1-3-6-15/h1-3,5-6,9-13,18,21H,4,7-8,14H2/t18-,21?/m1/s1. The van der Waals surface area contributed by atoms with Crippen LogP contribution < -0.4 is 0 Å². The third-order valence-corrected chi connectivity index (χ3v) is 4.58. The molecule has 1 heterocycles. The first-order valence-electron chi connectivity index (χ1n) is 8.82. The molecule has 3 rings (SSSR count). The van der Waals surface area contributed by atoms with E-state index in [0.29, 0.717) is 18.3 Å². The summed E-state index contributed by atoms with van der Waals surface area (Å²) in [5.74, 6) is -0.778. The number of rotatable bonds is 7. The third kappa shape index (κ3) is 4.46. The van der Waals surface area contributed by atoms with Crippen LogP contribution in [0.1, 0.15) is 41.2 Å². The number of hydrogen-bond donors (Lipinski definition) is 0. The number of halogens is 1. The minimum atomic E-state index is -0.907. The summed E-state index contributed by atoms with van der Waals surface area (Å²) < 4.78 is 18.4. The van der Waals surface area contributed by atoms with Crippen LogP contribution in [-0.2, 0) is 14.3 Å². The molecule has 0 bridgehead atoms. The Morgan fingerprint density at radius 1 is 1.07 bits per heavy atom. The fourth-order valence-electron chi connectivity index (χ4n) is 3.19. The zero-order valence-electron chi connectivity index (χ0n) is 14.7. The van der Waals surface area contributed by atoms with Gasteiger partial charge in [0.2, 0.25) is 5.91 Å². The summed E-state index contributed by atoms with van der Waals surface area (Å²) in [6, 6.07) is 14.4. The van der Waals surface area contributed by atoms with Crippen LogP contribution in [0, 0.1) is 5.82 Å². The molecule has 0 saturated carbocycles. The van der Waals surface area contributed by atoms with Crippen molar-refractivity contribution in [3.63, 3.8) is 0 Å². The molecule has 0 aliphatic carbocycles. The van der Waals surface area contributed by atoms with Crippen molar-refractivity contribution in [3.8, 4) is 0 Å². The van der Waals surface area contributed by atoms with Crippen molar-refractivity contribution in [2.75, 3.05) is 6.61 Å². The molecule has 0 aromatic heterocycles. The summed E-state index contributed by atoms with van der Waals surface area (Å²) in [6.07, 6.45) is 0.358. The number of carbonyl (C=O) groups excluding carboxylic acids is 3. The topological polar surface area (TPSA) is 63.7 Å². The number of ether oxygens (including phenoxy) is 1. The molecular formula is C21H20FNO4. The quantitative estimate of drug-likeness (QED) is 0.555. The van der Waals surface area contributed by atoms with Crippen molar-refractivity contribution in [3.05, 3.63) is 71.5 Å². The first-order chi connectivity index (χ1) is 13.1. The zero-order valence-corrected chi connectivity index (χ0v) is 14.7. The minimum Gasteiger partial charge on any atom is -0.349 e. The Labute approximate surface area is 156 Å². The monoisotopic (exact) mass is 369 g/mol. The maximum Gasteiger partial charge on any atom is 0.225 e. The first kappa shape index (κ1) is 18.9. The second kappa shape index (κ2) is 8.68. The van der Waals surface area contributed by atoms with Crippen molar-refractivity contribution < 1.29 is 23.5 Å². The van der Waals surface area contributed by atoms with E-state index in [1.54, 1.807) is 0 Å². The highest BCUT2D eigenvalue weighted by Gasteiger charge is 2.38. The number of hydrogen-bond acceptors (Lipinski definition) is 4. The highest BCUT2D eigenvalue weighted by molar-refractivity contribution is 5.96. The lowest BCUT2D eigenvalue weighted by Crippen LogP contribution is -2.38. The van der Waals surface area contributed by atoms with Gasteiger partial charge in [-0.05, 0) is 36.2 Å². The number of benzene rings is 2. The Morgan fingerprint density at radius 2 is 1.78 bits per heavy atom. The lowest BCUT2D eigenvalue weighted by molar-refractivity contribution is -0.142. The van der Waals surface area contributed by atoms with Crippen molar-refractivity contribution in [1.29, 1.82) is 0 Å². The Morgan fingerprint density at radius 3 is 2.44 bits per heavy atom. The molecule has 1 aliphatic rings. The first-order valence-corrected chi connectivity index (χ1v) is 8.82. The van der Waals surface area contributed by atoms with Crippen LogP contribution in [-0.4, -0.2) is 35.7 Å². The molecule has 27 heavy (non-hydrogen) atoms. The van der Waals surface area contributed by atoms with Gasteiger partial charge in [-0.3, -0.25) is 14.4 Å². The van der Waals surface area contributed by atoms with Gasteiger partial charge in [0.25, 0.3) is 0 Å². The molecule has 2 aromatic carbocycles. The molecule has 1 saturated heterocycles. The van der Waals surface area contributed by atoms with Gasteiger partial charge >= 0.3 is 0 Å². The largest absolute Gasteiger partial charge is 0.349 e. The number of Topliss-reactive ketones (excluding diaryl/α,β-unsaturated/α-hetero) is 1. The molecule has 1 fully saturated rings. The highest BCUT2D eigenvalue weighted by Crippen LogP contribution is 2.30. The predicted octanol–water partition coefficient (Wildman–Crippen LogP) is 3.30. The smallest absolute Gasteiger partial charge is 0.225 e. The van der Waals surface area contributed by atoms with Gasteiger partial charge in [-0.2, -0.15) is 0 Å². The number of nitrogens with zero attached hydrogens (tertiary/aromatic N) is 1. The average molecular weight is 369 g/mol. The Kier molecular flexibility index (Phi) is 6.08. The second-order valence-electron chi connectivity index (χ2n) is 6.37. The summed E-state index contributed by atoms with van der Waals surface area (Å²) in [6.45, 7) is 0.258. The van der Waals surface area contributed by atoms with E-state index in [2.05, 4.69) is 0 Å². The van der Waals surface area contributed by atoms with Gasteiger partial charge in [-0.1, -0.05) is 30.3 Å². The maximum absolute atomic E-state index is 12.9. The predicted molar refractivity (Wildman–Crippen MR) is 96.4 cm³/mol. The van der Waals surface area contributed by atoms with Crippen LogP contribution in [0.5, 0.6) is 0 Å². The molecule has 1 amide bonds. The molecule has 0 radical (unpaired) electrons. The van der Waals surface area contributed by atoms with E-state index in [0.717, 1.165) is 5.56 Å². The summed E-state index contributed by atoms with van der Waals surface area (Å²) in [4.78, 5) is 37.6. The lowest BCUT2D eigenvalue weighted by Gasteiger charge is -2.26. The molecule has 1 aliphatic heterocycles. The van der Waals surface area contributed by atoms with Crippen molar-refractivity contribution in [1.82, 2.24) is 4.90 Å². The van der Waals surface area contributed by atoms with E-state index in [4.69, 9.17) is 4.74 Å². The number of carbonyl (C=O) groups is 3. The molecule has 2 aromatic rings. The average Bonchev–Trinajstić information content (AvgIpc) is 3.13. The van der Waals surface area contributed by atoms with Gasteiger partial charge in [-0.15, -0.1) is 0 Å². The SMILES string of the molecule is O=CC1OC[C@H](c2ccccc2)N1C(=O)CCCC(=O)c1ccc(F)cc1. The zero-order chi connectivity index (χ0) is 19.2. The minimum absolute atomic E-state index is 0.129. The maximum atomic E-state index is 12.9. The van der Waals surface area contributed by atoms with Gasteiger partial charge in [-0.25, -0.2) is 4.39 Å². The summed E-state index contributed by atoms with van der Waals surface area (Å²) in [7, 11) is 0. The van der Waals surface area contributed by atoms with Crippen molar-refractivity contribution in [2.24, 2.45) is 0 Å². The number of aldehydes is 1. The fraction of sp³-hybridized carbons (Fsp3) is 0.286. The fourth-order valence-corrected chi connectivity index (χ4v) is 3.19. The van der Waals surface area contributed by atoms with E-state index in [1.807, 2.05) is 30.3 Å². The molecule has 0 spiro atoms. The van der Waals surface area contributed by atoms with Gasteiger partial charge in [0.1, 0.15) is 5.82 Å². The van der Waals surface area contributed by atoms with Crippen LogP contribution >= 0.6 is 0 Å². The highest BCUT2D eigenvalue weighted by atomic mass is 19.1. The third-order valence-electron chi connectivity index (χ3n) is 4.58. The molecule has 0 N–H and O–H groups in total. The van der Waals surface area contributed by atoms with E-state index < -0.39 is 12.0 Å². The van der Waals surface area contributed by atoms with Crippen molar-refractivity contribution in [2.45, 2.75) is 31.5 Å². The van der Waals surface area contributed by atoms with Gasteiger partial charge in [0, 0.05) is 18.4 Å². The number of ketones is 1. The normalized spacial score (nSPS) is 19.1. The molecule has 1 unspecified atom stereocenters. The Hall–Kier alpha value is -2.86. The Bertz CT molecular complexity index is 807. The van der Waals surface area contributed by atoms with Crippen LogP contribution in [0.15, 0.2) is 54.6 Å². The summed E-state index contributed by atoms with van der Waals surface area (Å²) in [5.41, 5.74) is 1.32. The molecule has 2 atom stereocenters. The lowest BCUT2D eigenvalue weighted by atomic mass is 10.0. The van der Waals surface area contributed by atoms with E-state index in [9.17, 15) is 18.8 Å². The summed E-state index contributed by atoms with van der Waals surface area (Å²) in [5, 5.41) is 0. The van der Waals surface area contributed by atoms with Gasteiger partial charge in [0.05, 0.1) is 12.6 Å². The van der Waals surface area contributed by atoms with E-state index in [-0.39, 0.29) is 37.2 Å².